The zero-order chi connectivity index (χ0) is 10.0. The average molecular weight is 263 g/mol. The van der Waals surface area contributed by atoms with Gasteiger partial charge < -0.3 is 0 Å². The molecular weight excluding hydrogens is 257 g/mol. The molecule has 3 nitrogen and oxygen atoms in total. The van der Waals surface area contributed by atoms with Crippen molar-refractivity contribution < 1.29 is 4.92 Å². The number of hydrogen-bond donors (Lipinski definition) is 0. The van der Waals surface area contributed by atoms with Gasteiger partial charge in [-0.05, 0) is 24.1 Å². The number of nitro benzene ring substituents is 1. The van der Waals surface area contributed by atoms with Crippen LogP contribution < -0.4 is 0 Å². The van der Waals surface area contributed by atoms with Crippen LogP contribution in [0, 0.1) is 17.0 Å². The van der Waals surface area contributed by atoms with Crippen molar-refractivity contribution in [1.29, 1.82) is 0 Å². The van der Waals surface area contributed by atoms with Gasteiger partial charge in [-0.2, -0.15) is 0 Å². The highest BCUT2D eigenvalue weighted by molar-refractivity contribution is 9.08. The number of halogens is 2. The second-order valence-corrected chi connectivity index (χ2v) is 3.43. The Bertz CT molecular complexity index is 354. The van der Waals surface area contributed by atoms with E-state index in [1.54, 1.807) is 0 Å². The van der Waals surface area contributed by atoms with Crippen molar-refractivity contribution in [3.8, 4) is 0 Å². The van der Waals surface area contributed by atoms with E-state index in [9.17, 15) is 10.1 Å². The monoisotopic (exact) mass is 262 g/mol. The number of rotatable bonds is 2. The minimum absolute atomic E-state index is 0.0801. The number of nitrogens with zero attached hydrogens (tertiary/aromatic N) is 1. The summed E-state index contributed by atoms with van der Waals surface area (Å²) in [6, 6.07) is 2.93. The molecule has 0 spiro atoms. The van der Waals surface area contributed by atoms with E-state index >= 15 is 0 Å². The minimum Gasteiger partial charge on any atom is -0.258 e. The van der Waals surface area contributed by atoms with E-state index in [1.165, 1.54) is 12.1 Å². The van der Waals surface area contributed by atoms with Gasteiger partial charge in [0.2, 0.25) is 0 Å². The van der Waals surface area contributed by atoms with Crippen molar-refractivity contribution in [2.75, 3.05) is 0 Å². The highest BCUT2D eigenvalue weighted by atomic mass is 79.9. The first-order chi connectivity index (χ1) is 6.06. The summed E-state index contributed by atoms with van der Waals surface area (Å²) < 4.78 is 0. The largest absolute Gasteiger partial charge is 0.288 e. The van der Waals surface area contributed by atoms with Gasteiger partial charge in [0.1, 0.15) is 5.02 Å². The molecule has 69 valence electrons. The standard InChI is InChI=1S/C8H6BrClNO2/c1-5-2-7(10)8(11(12)13)3-6(5)4-9/h2-3H,1,4H2. The van der Waals surface area contributed by atoms with Crippen molar-refractivity contribution in [3.63, 3.8) is 0 Å². The Morgan fingerprint density at radius 1 is 1.62 bits per heavy atom. The topological polar surface area (TPSA) is 43.1 Å². The quantitative estimate of drug-likeness (QED) is 0.467. The van der Waals surface area contributed by atoms with Crippen LogP contribution in [0.4, 0.5) is 5.69 Å². The maximum atomic E-state index is 10.5. The predicted octanol–water partition coefficient (Wildman–Crippen LogP) is 3.33. The van der Waals surface area contributed by atoms with Crippen LogP contribution >= 0.6 is 27.5 Å². The van der Waals surface area contributed by atoms with Crippen molar-refractivity contribution in [2.45, 2.75) is 5.33 Å². The molecule has 1 radical (unpaired) electrons. The Balaban J connectivity index is 3.30. The van der Waals surface area contributed by atoms with Crippen molar-refractivity contribution in [2.24, 2.45) is 0 Å². The number of alkyl halides is 1. The Morgan fingerprint density at radius 3 is 2.69 bits per heavy atom. The summed E-state index contributed by atoms with van der Waals surface area (Å²) in [5, 5.41) is 11.1. The third-order valence-corrected chi connectivity index (χ3v) is 2.52. The van der Waals surface area contributed by atoms with Crippen molar-refractivity contribution in [3.05, 3.63) is 45.3 Å². The molecule has 13 heavy (non-hydrogen) atoms. The molecule has 0 N–H and O–H groups in total. The first-order valence-electron chi connectivity index (χ1n) is 3.41. The van der Waals surface area contributed by atoms with Crippen LogP contribution in [-0.4, -0.2) is 4.92 Å². The molecule has 0 heterocycles. The summed E-state index contributed by atoms with van der Waals surface area (Å²) in [6.45, 7) is 3.72. The van der Waals surface area contributed by atoms with Crippen LogP contribution in [0.2, 0.25) is 5.02 Å². The van der Waals surface area contributed by atoms with Gasteiger partial charge in [0, 0.05) is 11.4 Å². The zero-order valence-electron chi connectivity index (χ0n) is 6.59. The van der Waals surface area contributed by atoms with E-state index < -0.39 is 4.92 Å². The summed E-state index contributed by atoms with van der Waals surface area (Å²) in [5.74, 6) is 0. The van der Waals surface area contributed by atoms with Crippen LogP contribution in [0.3, 0.4) is 0 Å². The highest BCUT2D eigenvalue weighted by Crippen LogP contribution is 2.28. The minimum atomic E-state index is -0.506. The molecule has 0 aliphatic heterocycles. The summed E-state index contributed by atoms with van der Waals surface area (Å²) in [4.78, 5) is 9.98. The van der Waals surface area contributed by atoms with Crippen molar-refractivity contribution in [1.82, 2.24) is 0 Å². The van der Waals surface area contributed by atoms with E-state index in [4.69, 9.17) is 11.6 Å². The molecule has 0 amide bonds. The number of nitro groups is 1. The molecular formula is C8H6BrClNO2. The SMILES string of the molecule is [CH2]c1cc(Cl)c([N+](=O)[O-])cc1CBr. The van der Waals surface area contributed by atoms with E-state index in [0.717, 1.165) is 5.56 Å². The molecule has 0 atom stereocenters. The molecule has 0 saturated heterocycles. The van der Waals surface area contributed by atoms with Gasteiger partial charge in [-0.15, -0.1) is 0 Å². The van der Waals surface area contributed by atoms with E-state index in [1.807, 2.05) is 0 Å². The third-order valence-electron chi connectivity index (χ3n) is 1.61. The predicted molar refractivity (Wildman–Crippen MR) is 55.2 cm³/mol. The van der Waals surface area contributed by atoms with E-state index in [-0.39, 0.29) is 10.7 Å². The summed E-state index contributed by atoms with van der Waals surface area (Å²) >= 11 is 8.87. The molecule has 1 aromatic rings. The van der Waals surface area contributed by atoms with Crippen LogP contribution in [0.5, 0.6) is 0 Å². The molecule has 1 aromatic carbocycles. The lowest BCUT2D eigenvalue weighted by molar-refractivity contribution is -0.384. The van der Waals surface area contributed by atoms with Crippen LogP contribution in [0.25, 0.3) is 0 Å². The normalized spacial score (nSPS) is 10.1. The molecule has 0 unspecified atom stereocenters. The fraction of sp³-hybridized carbons (Fsp3) is 0.125. The molecule has 5 heteroatoms. The van der Waals surface area contributed by atoms with Gasteiger partial charge >= 0.3 is 0 Å². The average Bonchev–Trinajstić information content (AvgIpc) is 2.03. The van der Waals surface area contributed by atoms with Gasteiger partial charge in [-0.1, -0.05) is 27.5 Å². The fourth-order valence-electron chi connectivity index (χ4n) is 0.911. The summed E-state index contributed by atoms with van der Waals surface area (Å²) in [6.07, 6.45) is 0. The molecule has 0 fully saturated rings. The lowest BCUT2D eigenvalue weighted by Gasteiger charge is -2.02. The molecule has 0 aromatic heterocycles. The Hall–Kier alpha value is -0.610. The second-order valence-electron chi connectivity index (χ2n) is 2.46. The van der Waals surface area contributed by atoms with Crippen molar-refractivity contribution >= 4 is 33.2 Å². The highest BCUT2D eigenvalue weighted by Gasteiger charge is 2.14. The first-order valence-corrected chi connectivity index (χ1v) is 4.91. The van der Waals surface area contributed by atoms with Gasteiger partial charge in [0.25, 0.3) is 5.69 Å². The molecule has 0 bridgehead atoms. The number of hydrogen-bond acceptors (Lipinski definition) is 2. The lowest BCUT2D eigenvalue weighted by Crippen LogP contribution is -1.93. The third kappa shape index (κ3) is 2.19. The zero-order valence-corrected chi connectivity index (χ0v) is 8.93. The van der Waals surface area contributed by atoms with Crippen LogP contribution in [0.1, 0.15) is 11.1 Å². The smallest absolute Gasteiger partial charge is 0.258 e. The summed E-state index contributed by atoms with van der Waals surface area (Å²) in [5.41, 5.74) is 1.40. The van der Waals surface area contributed by atoms with Crippen LogP contribution in [0.15, 0.2) is 12.1 Å². The Morgan fingerprint density at radius 2 is 2.23 bits per heavy atom. The van der Waals surface area contributed by atoms with Gasteiger partial charge in [-0.25, -0.2) is 0 Å². The molecule has 0 aliphatic carbocycles. The fourth-order valence-corrected chi connectivity index (χ4v) is 1.69. The van der Waals surface area contributed by atoms with E-state index in [0.29, 0.717) is 10.9 Å². The lowest BCUT2D eigenvalue weighted by atomic mass is 10.1. The van der Waals surface area contributed by atoms with E-state index in [2.05, 4.69) is 22.9 Å². The molecule has 0 saturated carbocycles. The maximum absolute atomic E-state index is 10.5. The number of benzene rings is 1. The maximum Gasteiger partial charge on any atom is 0.288 e. The summed E-state index contributed by atoms with van der Waals surface area (Å²) in [7, 11) is 0. The first kappa shape index (κ1) is 10.5. The second kappa shape index (κ2) is 4.07. The van der Waals surface area contributed by atoms with Gasteiger partial charge in [-0.3, -0.25) is 10.1 Å². The molecule has 1 rings (SSSR count). The Labute approximate surface area is 89.0 Å². The molecule has 0 aliphatic rings. The van der Waals surface area contributed by atoms with Gasteiger partial charge in [0.05, 0.1) is 4.92 Å². The van der Waals surface area contributed by atoms with Crippen LogP contribution in [-0.2, 0) is 5.33 Å². The Kier molecular flexibility index (Phi) is 3.27. The van der Waals surface area contributed by atoms with Gasteiger partial charge in [0.15, 0.2) is 0 Å².